The summed E-state index contributed by atoms with van der Waals surface area (Å²) in [7, 11) is -3.23. The Kier molecular flexibility index (Phi) is 2.54. The van der Waals surface area contributed by atoms with E-state index in [1.54, 1.807) is 6.20 Å². The van der Waals surface area contributed by atoms with E-state index in [2.05, 4.69) is 13.8 Å². The molecule has 16 heavy (non-hydrogen) atoms. The lowest BCUT2D eigenvalue weighted by molar-refractivity contribution is 0.595. The van der Waals surface area contributed by atoms with Gasteiger partial charge in [0.2, 0.25) is 10.0 Å². The normalized spacial score (nSPS) is 12.5. The van der Waals surface area contributed by atoms with Crippen molar-refractivity contribution in [3.63, 3.8) is 0 Å². The summed E-state index contributed by atoms with van der Waals surface area (Å²) in [5.74, 6) is 0.313. The second-order valence-corrected chi connectivity index (χ2v) is 6.17. The quantitative estimate of drug-likeness (QED) is 0.805. The monoisotopic (exact) mass is 237 g/mol. The second-order valence-electron chi connectivity index (χ2n) is 4.32. The Morgan fingerprint density at radius 3 is 2.38 bits per heavy atom. The zero-order valence-corrected chi connectivity index (χ0v) is 10.5. The van der Waals surface area contributed by atoms with Gasteiger partial charge < -0.3 is 0 Å². The summed E-state index contributed by atoms with van der Waals surface area (Å²) >= 11 is 0. The van der Waals surface area contributed by atoms with Crippen molar-refractivity contribution >= 4 is 20.9 Å². The fourth-order valence-corrected chi connectivity index (χ4v) is 2.73. The SMILES string of the molecule is CC(C)c1cn(S(C)(=O)=O)c2ccccc12. The minimum Gasteiger partial charge on any atom is -0.245 e. The number of hydrogen-bond donors (Lipinski definition) is 0. The maximum Gasteiger partial charge on any atom is 0.236 e. The average Bonchev–Trinajstić information content (AvgIpc) is 2.56. The molecule has 1 aromatic carbocycles. The first-order chi connectivity index (χ1) is 7.41. The smallest absolute Gasteiger partial charge is 0.236 e. The molecule has 86 valence electrons. The van der Waals surface area contributed by atoms with Crippen LogP contribution in [0.4, 0.5) is 0 Å². The van der Waals surface area contributed by atoms with E-state index < -0.39 is 10.0 Å². The van der Waals surface area contributed by atoms with Gasteiger partial charge >= 0.3 is 0 Å². The van der Waals surface area contributed by atoms with Crippen molar-refractivity contribution in [2.24, 2.45) is 0 Å². The number of benzene rings is 1. The van der Waals surface area contributed by atoms with E-state index in [4.69, 9.17) is 0 Å². The highest BCUT2D eigenvalue weighted by Gasteiger charge is 2.15. The molecular formula is C12H15NO2S. The van der Waals surface area contributed by atoms with Crippen LogP contribution in [0, 0.1) is 0 Å². The van der Waals surface area contributed by atoms with Crippen molar-refractivity contribution in [3.05, 3.63) is 36.0 Å². The molecule has 2 rings (SSSR count). The van der Waals surface area contributed by atoms with Gasteiger partial charge in [-0.3, -0.25) is 0 Å². The summed E-state index contributed by atoms with van der Waals surface area (Å²) in [6.45, 7) is 4.13. The molecule has 0 bridgehead atoms. The minimum absolute atomic E-state index is 0.313. The third kappa shape index (κ3) is 1.73. The molecule has 0 atom stereocenters. The Labute approximate surface area is 95.8 Å². The maximum atomic E-state index is 11.6. The molecule has 0 saturated heterocycles. The van der Waals surface area contributed by atoms with E-state index in [-0.39, 0.29) is 0 Å². The van der Waals surface area contributed by atoms with Gasteiger partial charge in [-0.25, -0.2) is 12.4 Å². The van der Waals surface area contributed by atoms with Crippen molar-refractivity contribution in [3.8, 4) is 0 Å². The molecule has 1 aromatic heterocycles. The topological polar surface area (TPSA) is 39.1 Å². The van der Waals surface area contributed by atoms with Gasteiger partial charge in [-0.1, -0.05) is 32.0 Å². The summed E-state index contributed by atoms with van der Waals surface area (Å²) in [5.41, 5.74) is 1.83. The van der Waals surface area contributed by atoms with Crippen molar-refractivity contribution < 1.29 is 8.42 Å². The summed E-state index contributed by atoms with van der Waals surface area (Å²) in [5, 5.41) is 1.02. The summed E-state index contributed by atoms with van der Waals surface area (Å²) in [4.78, 5) is 0. The predicted octanol–water partition coefficient (Wildman–Crippen LogP) is 2.57. The Morgan fingerprint density at radius 1 is 1.19 bits per heavy atom. The highest BCUT2D eigenvalue weighted by atomic mass is 32.2. The summed E-state index contributed by atoms with van der Waals surface area (Å²) in [6, 6.07) is 7.59. The Bertz CT molecular complexity index is 624. The van der Waals surface area contributed by atoms with Gasteiger partial charge in [0.25, 0.3) is 0 Å². The maximum absolute atomic E-state index is 11.6. The highest BCUT2D eigenvalue weighted by Crippen LogP contribution is 2.28. The molecule has 1 heterocycles. The molecule has 0 aliphatic carbocycles. The van der Waals surface area contributed by atoms with E-state index >= 15 is 0 Å². The molecule has 0 N–H and O–H groups in total. The molecule has 0 fully saturated rings. The third-order valence-corrected chi connectivity index (χ3v) is 3.70. The number of para-hydroxylation sites is 1. The highest BCUT2D eigenvalue weighted by molar-refractivity contribution is 7.89. The van der Waals surface area contributed by atoms with Gasteiger partial charge in [0.05, 0.1) is 11.8 Å². The third-order valence-electron chi connectivity index (χ3n) is 2.69. The van der Waals surface area contributed by atoms with Crippen LogP contribution in [-0.4, -0.2) is 18.6 Å². The van der Waals surface area contributed by atoms with Crippen molar-refractivity contribution in [2.45, 2.75) is 19.8 Å². The first kappa shape index (κ1) is 11.2. The lowest BCUT2D eigenvalue weighted by atomic mass is 10.0. The number of hydrogen-bond acceptors (Lipinski definition) is 2. The van der Waals surface area contributed by atoms with E-state index in [1.807, 2.05) is 24.3 Å². The summed E-state index contributed by atoms with van der Waals surface area (Å²) < 4.78 is 24.7. The minimum atomic E-state index is -3.23. The fourth-order valence-electron chi connectivity index (χ4n) is 1.91. The number of fused-ring (bicyclic) bond motifs is 1. The Balaban J connectivity index is 2.88. The van der Waals surface area contributed by atoms with Gasteiger partial charge in [-0.2, -0.15) is 0 Å². The van der Waals surface area contributed by atoms with Gasteiger partial charge in [-0.15, -0.1) is 0 Å². The van der Waals surface area contributed by atoms with Gasteiger partial charge in [-0.05, 0) is 17.5 Å². The van der Waals surface area contributed by atoms with Gasteiger partial charge in [0, 0.05) is 11.6 Å². The molecule has 2 aromatic rings. The van der Waals surface area contributed by atoms with E-state index in [0.717, 1.165) is 16.5 Å². The molecule has 4 heteroatoms. The predicted molar refractivity (Wildman–Crippen MR) is 66.3 cm³/mol. The molecule has 0 aliphatic heterocycles. The standard InChI is InChI=1S/C12H15NO2S/c1-9(2)11-8-13(16(3,14)15)12-7-5-4-6-10(11)12/h4-9H,1-3H3. The van der Waals surface area contributed by atoms with Crippen molar-refractivity contribution in [2.75, 3.05) is 6.26 Å². The van der Waals surface area contributed by atoms with E-state index in [9.17, 15) is 8.42 Å². The fraction of sp³-hybridized carbons (Fsp3) is 0.333. The van der Waals surface area contributed by atoms with Crippen LogP contribution >= 0.6 is 0 Å². The van der Waals surface area contributed by atoms with E-state index in [1.165, 1.54) is 10.2 Å². The second kappa shape index (κ2) is 3.63. The average molecular weight is 237 g/mol. The first-order valence-electron chi connectivity index (χ1n) is 5.22. The van der Waals surface area contributed by atoms with Gasteiger partial charge in [0.1, 0.15) is 0 Å². The van der Waals surface area contributed by atoms with Crippen molar-refractivity contribution in [1.82, 2.24) is 3.97 Å². The number of nitrogens with zero attached hydrogens (tertiary/aromatic N) is 1. The lowest BCUT2D eigenvalue weighted by Crippen LogP contribution is -2.08. The van der Waals surface area contributed by atoms with Crippen LogP contribution in [0.5, 0.6) is 0 Å². The molecule has 0 amide bonds. The largest absolute Gasteiger partial charge is 0.245 e. The van der Waals surface area contributed by atoms with Crippen LogP contribution in [0.1, 0.15) is 25.3 Å². The van der Waals surface area contributed by atoms with Crippen LogP contribution < -0.4 is 0 Å². The van der Waals surface area contributed by atoms with Crippen LogP contribution in [-0.2, 0) is 10.0 Å². The number of aromatic nitrogens is 1. The first-order valence-corrected chi connectivity index (χ1v) is 7.06. The van der Waals surface area contributed by atoms with Crippen molar-refractivity contribution in [1.29, 1.82) is 0 Å². The molecule has 3 nitrogen and oxygen atoms in total. The zero-order valence-electron chi connectivity index (χ0n) is 9.64. The molecule has 0 saturated carbocycles. The molecule has 0 spiro atoms. The summed E-state index contributed by atoms with van der Waals surface area (Å²) in [6.07, 6.45) is 2.95. The molecule has 0 aliphatic rings. The Morgan fingerprint density at radius 2 is 1.81 bits per heavy atom. The van der Waals surface area contributed by atoms with Crippen LogP contribution in [0.3, 0.4) is 0 Å². The lowest BCUT2D eigenvalue weighted by Gasteiger charge is -2.00. The molecular weight excluding hydrogens is 222 g/mol. The van der Waals surface area contributed by atoms with Crippen LogP contribution in [0.2, 0.25) is 0 Å². The molecule has 0 unspecified atom stereocenters. The van der Waals surface area contributed by atoms with Gasteiger partial charge in [0.15, 0.2) is 0 Å². The van der Waals surface area contributed by atoms with Crippen LogP contribution in [0.15, 0.2) is 30.5 Å². The molecule has 0 radical (unpaired) electrons. The van der Waals surface area contributed by atoms with E-state index in [0.29, 0.717) is 5.92 Å². The zero-order chi connectivity index (χ0) is 11.9. The van der Waals surface area contributed by atoms with Crippen LogP contribution in [0.25, 0.3) is 10.9 Å². The Hall–Kier alpha value is -1.29. The number of rotatable bonds is 2.